The summed E-state index contributed by atoms with van der Waals surface area (Å²) in [6.07, 6.45) is 1.07. The molecular weight excluding hydrogens is 436 g/mol. The first kappa shape index (κ1) is 23.3. The maximum Gasteiger partial charge on any atom is 0.371 e. The Labute approximate surface area is 206 Å². The number of aromatic carboxylic acids is 1. The number of hydrogen-bond donors (Lipinski definition) is 2. The predicted octanol–water partition coefficient (Wildman–Crippen LogP) is 6.09. The molecule has 5 heteroatoms. The molecule has 0 spiro atoms. The summed E-state index contributed by atoms with van der Waals surface area (Å²) >= 11 is 0. The van der Waals surface area contributed by atoms with E-state index >= 15 is 0 Å². The number of furan rings is 1. The first-order valence-corrected chi connectivity index (χ1v) is 12.4. The second-order valence-electron chi connectivity index (χ2n) is 9.57. The fourth-order valence-electron chi connectivity index (χ4n) is 5.40. The Hall–Kier alpha value is -3.41. The molecule has 0 aliphatic carbocycles. The molecule has 5 nitrogen and oxygen atoms in total. The lowest BCUT2D eigenvalue weighted by molar-refractivity contribution is 0.0656. The lowest BCUT2D eigenvalue weighted by Gasteiger charge is -2.39. The Morgan fingerprint density at radius 1 is 1.03 bits per heavy atom. The lowest BCUT2D eigenvalue weighted by atomic mass is 9.80. The van der Waals surface area contributed by atoms with Gasteiger partial charge in [0.05, 0.1) is 6.54 Å². The van der Waals surface area contributed by atoms with Crippen LogP contribution in [0.3, 0.4) is 0 Å². The quantitative estimate of drug-likeness (QED) is 0.328. The number of nitrogens with one attached hydrogen (secondary N) is 1. The van der Waals surface area contributed by atoms with Crippen LogP contribution in [0.4, 0.5) is 0 Å². The summed E-state index contributed by atoms with van der Waals surface area (Å²) in [6, 6.07) is 29.4. The fraction of sp³-hybridized carbons (Fsp3) is 0.300. The van der Waals surface area contributed by atoms with E-state index in [1.54, 1.807) is 6.07 Å². The molecule has 2 N–H and O–H groups in total. The van der Waals surface area contributed by atoms with Crippen LogP contribution in [0, 0.1) is 5.92 Å². The Morgan fingerprint density at radius 3 is 2.60 bits per heavy atom. The largest absolute Gasteiger partial charge is 0.475 e. The van der Waals surface area contributed by atoms with Crippen molar-refractivity contribution in [2.24, 2.45) is 5.92 Å². The van der Waals surface area contributed by atoms with Crippen molar-refractivity contribution in [2.45, 2.75) is 31.8 Å². The summed E-state index contributed by atoms with van der Waals surface area (Å²) in [4.78, 5) is 13.6. The van der Waals surface area contributed by atoms with Crippen molar-refractivity contribution in [3.05, 3.63) is 108 Å². The van der Waals surface area contributed by atoms with Gasteiger partial charge in [-0.2, -0.15) is 0 Å². The maximum atomic E-state index is 11.2. The van der Waals surface area contributed by atoms with Crippen molar-refractivity contribution in [2.75, 3.05) is 19.6 Å². The van der Waals surface area contributed by atoms with Crippen LogP contribution in [-0.2, 0) is 6.54 Å². The van der Waals surface area contributed by atoms with Gasteiger partial charge < -0.3 is 14.8 Å². The van der Waals surface area contributed by atoms with Gasteiger partial charge in [-0.05, 0) is 66.4 Å². The van der Waals surface area contributed by atoms with E-state index in [0.29, 0.717) is 24.1 Å². The number of nitrogens with zero attached hydrogens (tertiary/aromatic N) is 1. The van der Waals surface area contributed by atoms with Gasteiger partial charge in [-0.25, -0.2) is 4.79 Å². The molecular formula is C30H32N2O3. The molecule has 1 saturated heterocycles. The number of rotatable bonds is 8. The summed E-state index contributed by atoms with van der Waals surface area (Å²) in [5.74, 6) is 0.586. The van der Waals surface area contributed by atoms with E-state index in [4.69, 9.17) is 9.52 Å². The van der Waals surface area contributed by atoms with Gasteiger partial charge in [0.2, 0.25) is 5.76 Å². The first-order chi connectivity index (χ1) is 17.1. The monoisotopic (exact) mass is 468 g/mol. The number of carboxylic acids is 1. The average molecular weight is 469 g/mol. The molecule has 0 bridgehead atoms. The minimum atomic E-state index is -1.02. The van der Waals surface area contributed by atoms with Crippen LogP contribution in [0.2, 0.25) is 0 Å². The molecule has 4 aromatic rings. The number of hydrogen-bond acceptors (Lipinski definition) is 4. The number of piperidine rings is 1. The van der Waals surface area contributed by atoms with E-state index in [-0.39, 0.29) is 11.8 Å². The summed E-state index contributed by atoms with van der Waals surface area (Å²) in [5, 5.41) is 15.6. The zero-order chi connectivity index (χ0) is 24.2. The predicted molar refractivity (Wildman–Crippen MR) is 139 cm³/mol. The van der Waals surface area contributed by atoms with Gasteiger partial charge >= 0.3 is 5.97 Å². The first-order valence-electron chi connectivity index (χ1n) is 12.4. The third kappa shape index (κ3) is 5.31. The topological polar surface area (TPSA) is 65.7 Å². The Balaban J connectivity index is 1.29. The molecule has 1 aliphatic rings. The molecule has 180 valence electrons. The molecule has 3 aromatic carbocycles. The van der Waals surface area contributed by atoms with E-state index < -0.39 is 5.97 Å². The Bertz CT molecular complexity index is 1280. The molecule has 3 unspecified atom stereocenters. The lowest BCUT2D eigenvalue weighted by Crippen LogP contribution is -2.42. The molecule has 35 heavy (non-hydrogen) atoms. The number of likely N-dealkylation sites (tertiary alicyclic amines) is 1. The molecule has 5 rings (SSSR count). The molecule has 1 aliphatic heterocycles. The van der Waals surface area contributed by atoms with Crippen LogP contribution in [-0.4, -0.2) is 35.6 Å². The van der Waals surface area contributed by atoms with Gasteiger partial charge in [0.15, 0.2) is 0 Å². The molecule has 2 heterocycles. The number of benzene rings is 3. The number of carbonyl (C=O) groups is 1. The van der Waals surface area contributed by atoms with Crippen LogP contribution >= 0.6 is 0 Å². The summed E-state index contributed by atoms with van der Waals surface area (Å²) in [6.45, 7) is 5.71. The maximum absolute atomic E-state index is 11.2. The highest BCUT2D eigenvalue weighted by molar-refractivity contribution is 5.86. The van der Waals surface area contributed by atoms with E-state index in [2.05, 4.69) is 89.9 Å². The van der Waals surface area contributed by atoms with Crippen LogP contribution in [0.1, 0.15) is 52.7 Å². The summed E-state index contributed by atoms with van der Waals surface area (Å²) in [5.41, 5.74) is 2.69. The SMILES string of the molecule is CC(NCC1CCN(Cc2ccc(C(=O)O)o2)CC1c1ccccc1)c1cccc2ccccc12. The molecule has 0 amide bonds. The fourth-order valence-corrected chi connectivity index (χ4v) is 5.40. The van der Waals surface area contributed by atoms with Crippen molar-refractivity contribution < 1.29 is 14.3 Å². The smallest absolute Gasteiger partial charge is 0.371 e. The minimum Gasteiger partial charge on any atom is -0.475 e. The second kappa shape index (κ2) is 10.5. The zero-order valence-corrected chi connectivity index (χ0v) is 20.1. The van der Waals surface area contributed by atoms with E-state index in [9.17, 15) is 4.79 Å². The molecule has 3 atom stereocenters. The molecule has 0 saturated carbocycles. The third-order valence-corrected chi connectivity index (χ3v) is 7.30. The van der Waals surface area contributed by atoms with Crippen molar-refractivity contribution in [1.82, 2.24) is 10.2 Å². The highest BCUT2D eigenvalue weighted by Gasteiger charge is 2.31. The van der Waals surface area contributed by atoms with Crippen molar-refractivity contribution >= 4 is 16.7 Å². The van der Waals surface area contributed by atoms with E-state index in [0.717, 1.165) is 26.1 Å². The van der Waals surface area contributed by atoms with E-state index in [1.807, 2.05) is 0 Å². The third-order valence-electron chi connectivity index (χ3n) is 7.30. The van der Waals surface area contributed by atoms with E-state index in [1.165, 1.54) is 28.0 Å². The Morgan fingerprint density at radius 2 is 1.80 bits per heavy atom. The van der Waals surface area contributed by atoms with Gasteiger partial charge in [-0.15, -0.1) is 0 Å². The van der Waals surface area contributed by atoms with Crippen molar-refractivity contribution in [1.29, 1.82) is 0 Å². The van der Waals surface area contributed by atoms with Gasteiger partial charge in [0, 0.05) is 18.5 Å². The van der Waals surface area contributed by atoms with Crippen molar-refractivity contribution in [3.8, 4) is 0 Å². The van der Waals surface area contributed by atoms with Gasteiger partial charge in [-0.3, -0.25) is 4.90 Å². The van der Waals surface area contributed by atoms with Gasteiger partial charge in [0.1, 0.15) is 5.76 Å². The molecule has 1 fully saturated rings. The number of fused-ring (bicyclic) bond motifs is 1. The van der Waals surface area contributed by atoms with Crippen LogP contribution in [0.5, 0.6) is 0 Å². The minimum absolute atomic E-state index is 0.00104. The summed E-state index contributed by atoms with van der Waals surface area (Å²) in [7, 11) is 0. The average Bonchev–Trinajstić information content (AvgIpc) is 3.37. The second-order valence-corrected chi connectivity index (χ2v) is 9.57. The number of carboxylic acid groups (broad SMARTS) is 1. The standard InChI is InChI=1S/C30H32N2O3/c1-21(26-13-7-11-22-10-5-6-12-27(22)26)31-18-24-16-17-32(19-25-14-15-29(35-25)30(33)34)20-28(24)23-8-3-2-4-9-23/h2-15,21,24,28,31H,16-20H2,1H3,(H,33,34). The zero-order valence-electron chi connectivity index (χ0n) is 20.1. The van der Waals surface area contributed by atoms with Crippen LogP contribution in [0.25, 0.3) is 10.8 Å². The highest BCUT2D eigenvalue weighted by Crippen LogP contribution is 2.34. The molecule has 0 radical (unpaired) electrons. The van der Waals surface area contributed by atoms with Crippen LogP contribution < -0.4 is 5.32 Å². The van der Waals surface area contributed by atoms with Crippen molar-refractivity contribution in [3.63, 3.8) is 0 Å². The molecule has 1 aromatic heterocycles. The summed E-state index contributed by atoms with van der Waals surface area (Å²) < 4.78 is 5.53. The Kier molecular flexibility index (Phi) is 6.98. The van der Waals surface area contributed by atoms with Crippen LogP contribution in [0.15, 0.2) is 89.3 Å². The normalized spacial score (nSPS) is 19.6. The highest BCUT2D eigenvalue weighted by atomic mass is 16.4. The van der Waals surface area contributed by atoms with Gasteiger partial charge in [0.25, 0.3) is 0 Å². The van der Waals surface area contributed by atoms with Gasteiger partial charge in [-0.1, -0.05) is 72.8 Å².